The Hall–Kier alpha value is -0.610. The maximum atomic E-state index is 11.7. The molecule has 0 aromatic heterocycles. The van der Waals surface area contributed by atoms with Crippen molar-refractivity contribution in [3.8, 4) is 0 Å². The van der Waals surface area contributed by atoms with Crippen LogP contribution < -0.4 is 11.1 Å². The highest BCUT2D eigenvalue weighted by atomic mass is 16.1. The highest BCUT2D eigenvalue weighted by Crippen LogP contribution is 2.15. The van der Waals surface area contributed by atoms with E-state index in [9.17, 15) is 4.79 Å². The predicted molar refractivity (Wildman–Crippen MR) is 80.0 cm³/mol. The predicted octanol–water partition coefficient (Wildman–Crippen LogP) is 1.88. The third-order valence-corrected chi connectivity index (χ3v) is 4.03. The van der Waals surface area contributed by atoms with Crippen LogP contribution in [0.3, 0.4) is 0 Å². The van der Waals surface area contributed by atoms with Gasteiger partial charge in [0.15, 0.2) is 0 Å². The van der Waals surface area contributed by atoms with Crippen LogP contribution in [0.4, 0.5) is 0 Å². The first-order valence-electron chi connectivity index (χ1n) is 7.74. The van der Waals surface area contributed by atoms with Crippen molar-refractivity contribution in [3.63, 3.8) is 0 Å². The van der Waals surface area contributed by atoms with Crippen LogP contribution in [0.1, 0.15) is 59.3 Å². The molecule has 1 unspecified atom stereocenters. The standard InChI is InChI=1S/C15H31N3O/c1-13(2)17-15(3,14(16)19)9-12-18-10-7-5-4-6-8-11-18/h13,17H,4-12H2,1-3H3,(H2,16,19). The molecule has 1 amide bonds. The number of rotatable bonds is 6. The molecule has 1 rings (SSSR count). The van der Waals surface area contributed by atoms with E-state index in [1.807, 2.05) is 6.92 Å². The van der Waals surface area contributed by atoms with Gasteiger partial charge in [-0.15, -0.1) is 0 Å². The van der Waals surface area contributed by atoms with Crippen molar-refractivity contribution in [2.45, 2.75) is 70.9 Å². The summed E-state index contributed by atoms with van der Waals surface area (Å²) in [5.41, 5.74) is 4.98. The molecule has 3 N–H and O–H groups in total. The summed E-state index contributed by atoms with van der Waals surface area (Å²) in [6.07, 6.45) is 7.42. The highest BCUT2D eigenvalue weighted by molar-refractivity contribution is 5.84. The zero-order valence-electron chi connectivity index (χ0n) is 12.9. The maximum Gasteiger partial charge on any atom is 0.237 e. The summed E-state index contributed by atoms with van der Waals surface area (Å²) in [5.74, 6) is -0.242. The summed E-state index contributed by atoms with van der Waals surface area (Å²) in [6, 6.07) is 0.268. The molecule has 0 bridgehead atoms. The van der Waals surface area contributed by atoms with E-state index >= 15 is 0 Å². The van der Waals surface area contributed by atoms with Crippen molar-refractivity contribution in [1.82, 2.24) is 10.2 Å². The lowest BCUT2D eigenvalue weighted by Crippen LogP contribution is -2.56. The van der Waals surface area contributed by atoms with Crippen LogP contribution in [0.5, 0.6) is 0 Å². The monoisotopic (exact) mass is 269 g/mol. The second kappa shape index (κ2) is 7.85. The molecule has 1 saturated heterocycles. The van der Waals surface area contributed by atoms with E-state index in [-0.39, 0.29) is 11.9 Å². The molecule has 1 aliphatic rings. The number of nitrogens with two attached hydrogens (primary N) is 1. The Labute approximate surface area is 118 Å². The molecule has 4 heteroatoms. The molecule has 0 aromatic carbocycles. The number of primary amides is 1. The molecule has 19 heavy (non-hydrogen) atoms. The SMILES string of the molecule is CC(C)NC(C)(CCN1CCCCCCC1)C(N)=O. The van der Waals surface area contributed by atoms with Crippen LogP contribution >= 0.6 is 0 Å². The Kier molecular flexibility index (Phi) is 6.80. The first-order valence-corrected chi connectivity index (χ1v) is 7.74. The van der Waals surface area contributed by atoms with Gasteiger partial charge in [-0.3, -0.25) is 4.79 Å². The second-order valence-corrected chi connectivity index (χ2v) is 6.35. The summed E-state index contributed by atoms with van der Waals surface area (Å²) in [5, 5.41) is 3.32. The molecular weight excluding hydrogens is 238 g/mol. The highest BCUT2D eigenvalue weighted by Gasteiger charge is 2.31. The quantitative estimate of drug-likeness (QED) is 0.774. The van der Waals surface area contributed by atoms with Crippen LogP contribution in [0.25, 0.3) is 0 Å². The molecule has 0 radical (unpaired) electrons. The zero-order valence-corrected chi connectivity index (χ0v) is 12.9. The molecule has 1 aliphatic heterocycles. The van der Waals surface area contributed by atoms with Crippen LogP contribution in [0, 0.1) is 0 Å². The lowest BCUT2D eigenvalue weighted by Gasteiger charge is -2.33. The van der Waals surface area contributed by atoms with Crippen molar-refractivity contribution < 1.29 is 4.79 Å². The van der Waals surface area contributed by atoms with E-state index in [0.29, 0.717) is 0 Å². The number of nitrogens with one attached hydrogen (secondary N) is 1. The van der Waals surface area contributed by atoms with E-state index < -0.39 is 5.54 Å². The Morgan fingerprint density at radius 1 is 1.21 bits per heavy atom. The molecule has 0 aromatic rings. The topological polar surface area (TPSA) is 58.4 Å². The maximum absolute atomic E-state index is 11.7. The van der Waals surface area contributed by atoms with Gasteiger partial charge in [0.25, 0.3) is 0 Å². The molecule has 0 saturated carbocycles. The van der Waals surface area contributed by atoms with Gasteiger partial charge in [0.1, 0.15) is 0 Å². The zero-order chi connectivity index (χ0) is 14.3. The number of nitrogens with zero attached hydrogens (tertiary/aromatic N) is 1. The molecule has 1 atom stereocenters. The van der Waals surface area contributed by atoms with Gasteiger partial charge in [0, 0.05) is 12.6 Å². The average Bonchev–Trinajstić information content (AvgIpc) is 2.26. The van der Waals surface area contributed by atoms with Gasteiger partial charge in [-0.25, -0.2) is 0 Å². The Balaban J connectivity index is 2.47. The van der Waals surface area contributed by atoms with E-state index in [0.717, 1.165) is 26.1 Å². The van der Waals surface area contributed by atoms with Gasteiger partial charge in [0.05, 0.1) is 5.54 Å². The van der Waals surface area contributed by atoms with Gasteiger partial charge < -0.3 is 16.0 Å². The lowest BCUT2D eigenvalue weighted by molar-refractivity contribution is -0.124. The molecule has 112 valence electrons. The molecule has 0 aliphatic carbocycles. The second-order valence-electron chi connectivity index (χ2n) is 6.35. The summed E-state index contributed by atoms with van der Waals surface area (Å²) >= 11 is 0. The number of carbonyl (C=O) groups is 1. The van der Waals surface area contributed by atoms with Crippen LogP contribution in [-0.4, -0.2) is 42.0 Å². The summed E-state index contributed by atoms with van der Waals surface area (Å²) in [7, 11) is 0. The van der Waals surface area contributed by atoms with Crippen LogP contribution in [-0.2, 0) is 4.79 Å². The fourth-order valence-corrected chi connectivity index (χ4v) is 2.82. The molecule has 1 heterocycles. The minimum Gasteiger partial charge on any atom is -0.368 e. The largest absolute Gasteiger partial charge is 0.368 e. The number of likely N-dealkylation sites (tertiary alicyclic amines) is 1. The Morgan fingerprint density at radius 2 is 1.74 bits per heavy atom. The van der Waals surface area contributed by atoms with Crippen molar-refractivity contribution in [1.29, 1.82) is 0 Å². The fraction of sp³-hybridized carbons (Fsp3) is 0.933. The van der Waals surface area contributed by atoms with E-state index in [1.54, 1.807) is 0 Å². The third-order valence-electron chi connectivity index (χ3n) is 4.03. The Bertz CT molecular complexity index is 273. The van der Waals surface area contributed by atoms with Gasteiger partial charge in [-0.2, -0.15) is 0 Å². The number of hydrogen-bond donors (Lipinski definition) is 2. The summed E-state index contributed by atoms with van der Waals surface area (Å²) < 4.78 is 0. The fourth-order valence-electron chi connectivity index (χ4n) is 2.82. The first-order chi connectivity index (χ1) is 8.94. The molecule has 0 spiro atoms. The van der Waals surface area contributed by atoms with Crippen molar-refractivity contribution in [2.75, 3.05) is 19.6 Å². The lowest BCUT2D eigenvalue weighted by atomic mass is 9.95. The van der Waals surface area contributed by atoms with Crippen LogP contribution in [0.15, 0.2) is 0 Å². The van der Waals surface area contributed by atoms with Crippen molar-refractivity contribution in [3.05, 3.63) is 0 Å². The molecular formula is C15H31N3O. The van der Waals surface area contributed by atoms with Gasteiger partial charge >= 0.3 is 0 Å². The van der Waals surface area contributed by atoms with Gasteiger partial charge in [0.2, 0.25) is 5.91 Å². The van der Waals surface area contributed by atoms with Gasteiger partial charge in [-0.05, 0) is 53.1 Å². The van der Waals surface area contributed by atoms with Crippen molar-refractivity contribution in [2.24, 2.45) is 5.73 Å². The summed E-state index contributed by atoms with van der Waals surface area (Å²) in [6.45, 7) is 9.32. The van der Waals surface area contributed by atoms with E-state index in [1.165, 1.54) is 32.1 Å². The van der Waals surface area contributed by atoms with E-state index in [2.05, 4.69) is 24.1 Å². The molecule has 4 nitrogen and oxygen atoms in total. The Morgan fingerprint density at radius 3 is 2.21 bits per heavy atom. The average molecular weight is 269 g/mol. The molecule has 1 fully saturated rings. The smallest absolute Gasteiger partial charge is 0.237 e. The van der Waals surface area contributed by atoms with Gasteiger partial charge in [-0.1, -0.05) is 19.3 Å². The number of amides is 1. The van der Waals surface area contributed by atoms with Crippen LogP contribution in [0.2, 0.25) is 0 Å². The minimum absolute atomic E-state index is 0.242. The normalized spacial score (nSPS) is 21.7. The van der Waals surface area contributed by atoms with Crippen molar-refractivity contribution >= 4 is 5.91 Å². The van der Waals surface area contributed by atoms with E-state index in [4.69, 9.17) is 5.73 Å². The minimum atomic E-state index is -0.587. The third kappa shape index (κ3) is 5.91. The summed E-state index contributed by atoms with van der Waals surface area (Å²) in [4.78, 5) is 14.2. The first kappa shape index (κ1) is 16.4. The number of carbonyl (C=O) groups excluding carboxylic acids is 1. The number of hydrogen-bond acceptors (Lipinski definition) is 3.